The smallest absolute Gasteiger partial charge is 0.150 e. The van der Waals surface area contributed by atoms with Crippen molar-refractivity contribution in [3.8, 4) is 0 Å². The van der Waals surface area contributed by atoms with Gasteiger partial charge in [-0.2, -0.15) is 0 Å². The third kappa shape index (κ3) is 12.8. The number of aliphatic hydroxyl groups excluding tert-OH is 2. The van der Waals surface area contributed by atoms with Crippen molar-refractivity contribution in [2.24, 2.45) is 0 Å². The minimum atomic E-state index is 0.745. The molecule has 0 heterocycles. The average molecular weight is 214 g/mol. The van der Waals surface area contributed by atoms with Crippen LogP contribution in [0.1, 0.15) is 29.8 Å². The van der Waals surface area contributed by atoms with Crippen LogP contribution < -0.4 is 0 Å². The molecule has 0 aliphatic rings. The number of hydrogen-bond donors (Lipinski definition) is 2. The first-order valence-electron chi connectivity index (χ1n) is 4.74. The Hall–Kier alpha value is -1.19. The summed E-state index contributed by atoms with van der Waals surface area (Å²) in [5.41, 5.74) is 1.87. The van der Waals surface area contributed by atoms with Crippen molar-refractivity contribution in [3.05, 3.63) is 35.4 Å². The number of carbonyl (C=O) groups is 1. The van der Waals surface area contributed by atoms with Crippen molar-refractivity contribution in [1.29, 1.82) is 0 Å². The van der Waals surface area contributed by atoms with E-state index in [1.54, 1.807) is 6.07 Å². The van der Waals surface area contributed by atoms with Crippen LogP contribution in [-0.4, -0.2) is 30.7 Å². The lowest BCUT2D eigenvalue weighted by Crippen LogP contribution is -1.78. The van der Waals surface area contributed by atoms with Gasteiger partial charge in [-0.25, -0.2) is 0 Å². The van der Waals surface area contributed by atoms with Crippen LogP contribution in [0.5, 0.6) is 0 Å². The Balaban J connectivity index is -0.000000208. The number of aldehydes is 1. The molecule has 0 aliphatic carbocycles. The van der Waals surface area contributed by atoms with Crippen LogP contribution in [0, 0.1) is 6.92 Å². The van der Waals surface area contributed by atoms with Crippen molar-refractivity contribution >= 4 is 6.29 Å². The molecule has 1 aromatic carbocycles. The Labute approximate surface area is 92.4 Å². The number of aryl methyl sites for hydroxylation is 1. The molecule has 0 unspecified atom stereocenters. The summed E-state index contributed by atoms with van der Waals surface area (Å²) in [6, 6.07) is 7.49. The zero-order chi connectivity index (χ0) is 12.7. The molecule has 0 aliphatic heterocycles. The highest BCUT2D eigenvalue weighted by atomic mass is 16.2. The molecule has 0 spiro atoms. The lowest BCUT2D eigenvalue weighted by molar-refractivity contribution is 0.112. The van der Waals surface area contributed by atoms with Crippen LogP contribution in [0.4, 0.5) is 0 Å². The molecule has 3 heteroatoms. The second kappa shape index (κ2) is 18.6. The SMILES string of the molecule is CC.CO.CO.Cc1cccc(C=O)c1. The van der Waals surface area contributed by atoms with Crippen molar-refractivity contribution in [3.63, 3.8) is 0 Å². The largest absolute Gasteiger partial charge is 0.400 e. The minimum absolute atomic E-state index is 0.745. The molecule has 0 amide bonds. The van der Waals surface area contributed by atoms with Gasteiger partial charge in [0.15, 0.2) is 0 Å². The fourth-order valence-corrected chi connectivity index (χ4v) is 0.743. The van der Waals surface area contributed by atoms with Gasteiger partial charge in [-0.05, 0) is 13.0 Å². The summed E-state index contributed by atoms with van der Waals surface area (Å²) < 4.78 is 0. The average Bonchev–Trinajstić information content (AvgIpc) is 2.36. The normalized spacial score (nSPS) is 6.60. The highest BCUT2D eigenvalue weighted by Gasteiger charge is 1.86. The fourth-order valence-electron chi connectivity index (χ4n) is 0.743. The second-order valence-corrected chi connectivity index (χ2v) is 2.03. The van der Waals surface area contributed by atoms with E-state index in [9.17, 15) is 4.79 Å². The van der Waals surface area contributed by atoms with Gasteiger partial charge in [-0.3, -0.25) is 4.79 Å². The molecule has 0 atom stereocenters. The molecule has 0 aromatic heterocycles. The third-order valence-electron chi connectivity index (χ3n) is 1.18. The summed E-state index contributed by atoms with van der Waals surface area (Å²) in [4.78, 5) is 10.2. The first-order valence-corrected chi connectivity index (χ1v) is 4.74. The number of hydrogen-bond acceptors (Lipinski definition) is 3. The van der Waals surface area contributed by atoms with Crippen molar-refractivity contribution in [2.75, 3.05) is 14.2 Å². The van der Waals surface area contributed by atoms with Crippen molar-refractivity contribution < 1.29 is 15.0 Å². The van der Waals surface area contributed by atoms with Gasteiger partial charge in [0, 0.05) is 19.8 Å². The van der Waals surface area contributed by atoms with Gasteiger partial charge in [-0.15, -0.1) is 0 Å². The van der Waals surface area contributed by atoms with Gasteiger partial charge < -0.3 is 10.2 Å². The fraction of sp³-hybridized carbons (Fsp3) is 0.417. The maximum absolute atomic E-state index is 10.2. The van der Waals surface area contributed by atoms with E-state index in [1.165, 1.54) is 0 Å². The molecule has 0 fully saturated rings. The third-order valence-corrected chi connectivity index (χ3v) is 1.18. The summed E-state index contributed by atoms with van der Waals surface area (Å²) in [7, 11) is 2.00. The summed E-state index contributed by atoms with van der Waals surface area (Å²) in [5.74, 6) is 0. The Kier molecular flexibility index (Phi) is 24.0. The van der Waals surface area contributed by atoms with Gasteiger partial charge in [0.05, 0.1) is 0 Å². The summed E-state index contributed by atoms with van der Waals surface area (Å²) in [6.45, 7) is 5.97. The van der Waals surface area contributed by atoms with E-state index in [-0.39, 0.29) is 0 Å². The Morgan fingerprint density at radius 2 is 1.53 bits per heavy atom. The van der Waals surface area contributed by atoms with Gasteiger partial charge in [0.2, 0.25) is 0 Å². The molecule has 0 saturated carbocycles. The minimum Gasteiger partial charge on any atom is -0.400 e. The molecular weight excluding hydrogens is 192 g/mol. The van der Waals surface area contributed by atoms with E-state index < -0.39 is 0 Å². The molecule has 2 N–H and O–H groups in total. The standard InChI is InChI=1S/C8H8O.C2H6.2CH4O/c1-7-3-2-4-8(5-7)6-9;3*1-2/h2-6H,1H3;1-2H3;2*2H,1H3. The van der Waals surface area contributed by atoms with Crippen molar-refractivity contribution in [2.45, 2.75) is 20.8 Å². The molecule has 0 bridgehead atoms. The molecular formula is C12H22O3. The molecule has 1 aromatic rings. The molecule has 1 rings (SSSR count). The van der Waals surface area contributed by atoms with Gasteiger partial charge in [-0.1, -0.05) is 37.6 Å². The Bertz CT molecular complexity index is 222. The van der Waals surface area contributed by atoms with Gasteiger partial charge >= 0.3 is 0 Å². The van der Waals surface area contributed by atoms with E-state index in [0.29, 0.717) is 0 Å². The molecule has 88 valence electrons. The van der Waals surface area contributed by atoms with Crippen LogP contribution in [0.3, 0.4) is 0 Å². The Morgan fingerprint density at radius 1 is 1.07 bits per heavy atom. The lowest BCUT2D eigenvalue weighted by atomic mass is 10.2. The first kappa shape index (κ1) is 19.4. The summed E-state index contributed by atoms with van der Waals surface area (Å²) in [5, 5.41) is 14.0. The zero-order valence-corrected chi connectivity index (χ0v) is 10.2. The van der Waals surface area contributed by atoms with E-state index >= 15 is 0 Å². The predicted octanol–water partition coefficient (Wildman–Crippen LogP) is 2.05. The second-order valence-electron chi connectivity index (χ2n) is 2.03. The monoisotopic (exact) mass is 214 g/mol. The van der Waals surface area contributed by atoms with Crippen LogP contribution in [0.25, 0.3) is 0 Å². The molecule has 15 heavy (non-hydrogen) atoms. The van der Waals surface area contributed by atoms with E-state index in [1.807, 2.05) is 39.0 Å². The lowest BCUT2D eigenvalue weighted by Gasteiger charge is -1.89. The van der Waals surface area contributed by atoms with Crippen molar-refractivity contribution in [1.82, 2.24) is 0 Å². The summed E-state index contributed by atoms with van der Waals surface area (Å²) in [6.07, 6.45) is 0.854. The number of aliphatic hydroxyl groups is 2. The van der Waals surface area contributed by atoms with E-state index in [2.05, 4.69) is 0 Å². The molecule has 0 radical (unpaired) electrons. The predicted molar refractivity (Wildman–Crippen MR) is 64.2 cm³/mol. The van der Waals surface area contributed by atoms with Crippen LogP contribution in [0.2, 0.25) is 0 Å². The molecule has 0 saturated heterocycles. The van der Waals surface area contributed by atoms with Gasteiger partial charge in [0.1, 0.15) is 6.29 Å². The van der Waals surface area contributed by atoms with Crippen LogP contribution in [0.15, 0.2) is 24.3 Å². The number of benzene rings is 1. The highest BCUT2D eigenvalue weighted by molar-refractivity contribution is 5.74. The first-order chi connectivity index (χ1) is 7.33. The zero-order valence-electron chi connectivity index (χ0n) is 10.2. The van der Waals surface area contributed by atoms with Crippen LogP contribution in [-0.2, 0) is 0 Å². The Morgan fingerprint density at radius 3 is 1.80 bits per heavy atom. The maximum atomic E-state index is 10.2. The quantitative estimate of drug-likeness (QED) is 0.703. The summed E-state index contributed by atoms with van der Waals surface area (Å²) >= 11 is 0. The highest BCUT2D eigenvalue weighted by Crippen LogP contribution is 1.99. The van der Waals surface area contributed by atoms with Gasteiger partial charge in [0.25, 0.3) is 0 Å². The number of rotatable bonds is 1. The van der Waals surface area contributed by atoms with E-state index in [0.717, 1.165) is 31.6 Å². The topological polar surface area (TPSA) is 57.5 Å². The maximum Gasteiger partial charge on any atom is 0.150 e. The van der Waals surface area contributed by atoms with Crippen LogP contribution >= 0.6 is 0 Å². The van der Waals surface area contributed by atoms with E-state index in [4.69, 9.17) is 10.2 Å². The molecule has 3 nitrogen and oxygen atoms in total. The number of carbonyl (C=O) groups excluding carboxylic acids is 1.